The van der Waals surface area contributed by atoms with Gasteiger partial charge in [0.1, 0.15) is 5.82 Å². The minimum atomic E-state index is -0.710. The van der Waals surface area contributed by atoms with E-state index < -0.39 is 5.97 Å². The minimum Gasteiger partial charge on any atom is -0.481 e. The van der Waals surface area contributed by atoms with Crippen molar-refractivity contribution in [2.75, 3.05) is 26.3 Å². The van der Waals surface area contributed by atoms with E-state index in [9.17, 15) is 14.3 Å². The van der Waals surface area contributed by atoms with Gasteiger partial charge in [0.25, 0.3) is 0 Å². The Bertz CT molecular complexity index is 511. The minimum absolute atomic E-state index is 0.163. The molecule has 2 fully saturated rings. The normalized spacial score (nSPS) is 25.3. The van der Waals surface area contributed by atoms with Crippen molar-refractivity contribution < 1.29 is 19.0 Å². The highest BCUT2D eigenvalue weighted by molar-refractivity contribution is 5.72. The van der Waals surface area contributed by atoms with E-state index in [2.05, 4.69) is 4.90 Å². The molecule has 1 N–H and O–H groups in total. The Kier molecular flexibility index (Phi) is 3.95. The first-order valence-corrected chi connectivity index (χ1v) is 7.36. The summed E-state index contributed by atoms with van der Waals surface area (Å²) in [5, 5.41) is 9.53. The van der Waals surface area contributed by atoms with Gasteiger partial charge in [0.15, 0.2) is 0 Å². The van der Waals surface area contributed by atoms with Crippen LogP contribution in [0.5, 0.6) is 0 Å². The number of carbonyl (C=O) groups is 1. The first kappa shape index (κ1) is 14.5. The summed E-state index contributed by atoms with van der Waals surface area (Å²) in [5.41, 5.74) is 0.856. The quantitative estimate of drug-likeness (QED) is 0.927. The monoisotopic (exact) mass is 293 g/mol. The van der Waals surface area contributed by atoms with E-state index in [0.717, 1.165) is 24.9 Å². The Morgan fingerprint density at radius 3 is 2.62 bits per heavy atom. The molecule has 2 aliphatic heterocycles. The summed E-state index contributed by atoms with van der Waals surface area (Å²) in [5.74, 6) is -1.29. The molecule has 5 heteroatoms. The van der Waals surface area contributed by atoms with Crippen LogP contribution in [0.25, 0.3) is 0 Å². The molecule has 2 heterocycles. The topological polar surface area (TPSA) is 49.8 Å². The van der Waals surface area contributed by atoms with Crippen molar-refractivity contribution in [1.82, 2.24) is 4.90 Å². The number of benzene rings is 1. The molecule has 2 saturated heterocycles. The highest BCUT2D eigenvalue weighted by atomic mass is 19.1. The Morgan fingerprint density at radius 1 is 1.33 bits per heavy atom. The lowest BCUT2D eigenvalue weighted by Gasteiger charge is -2.36. The van der Waals surface area contributed by atoms with E-state index >= 15 is 0 Å². The maximum absolute atomic E-state index is 12.9. The van der Waals surface area contributed by atoms with Gasteiger partial charge in [0.05, 0.1) is 5.92 Å². The van der Waals surface area contributed by atoms with Crippen LogP contribution in [0.3, 0.4) is 0 Å². The van der Waals surface area contributed by atoms with Crippen LogP contribution in [-0.4, -0.2) is 42.3 Å². The van der Waals surface area contributed by atoms with E-state index in [1.54, 1.807) is 12.1 Å². The number of carboxylic acid groups (broad SMARTS) is 1. The van der Waals surface area contributed by atoms with Gasteiger partial charge in [-0.1, -0.05) is 12.1 Å². The molecule has 1 atom stereocenters. The molecule has 2 aliphatic rings. The second-order valence-electron chi connectivity index (χ2n) is 6.16. The highest BCUT2D eigenvalue weighted by Crippen LogP contribution is 2.44. The van der Waals surface area contributed by atoms with Crippen molar-refractivity contribution >= 4 is 5.97 Å². The van der Waals surface area contributed by atoms with Gasteiger partial charge in [-0.25, -0.2) is 4.39 Å². The van der Waals surface area contributed by atoms with Crippen molar-refractivity contribution in [3.05, 3.63) is 35.6 Å². The fourth-order valence-corrected chi connectivity index (χ4v) is 3.66. The van der Waals surface area contributed by atoms with E-state index in [1.165, 1.54) is 12.1 Å². The van der Waals surface area contributed by atoms with Crippen LogP contribution in [0.15, 0.2) is 24.3 Å². The Hall–Kier alpha value is -1.46. The molecule has 0 aromatic heterocycles. The van der Waals surface area contributed by atoms with Crippen molar-refractivity contribution in [2.24, 2.45) is 11.3 Å². The molecule has 1 spiro atoms. The summed E-state index contributed by atoms with van der Waals surface area (Å²) in [4.78, 5) is 13.8. The molecule has 0 saturated carbocycles. The van der Waals surface area contributed by atoms with Gasteiger partial charge in [0, 0.05) is 38.3 Å². The molecule has 3 rings (SSSR count). The molecule has 1 aromatic rings. The van der Waals surface area contributed by atoms with Crippen molar-refractivity contribution in [2.45, 2.75) is 19.4 Å². The molecule has 114 valence electrons. The van der Waals surface area contributed by atoms with E-state index in [-0.39, 0.29) is 17.2 Å². The van der Waals surface area contributed by atoms with E-state index in [0.29, 0.717) is 26.3 Å². The number of hydrogen-bond donors (Lipinski definition) is 1. The zero-order valence-electron chi connectivity index (χ0n) is 11.9. The average molecular weight is 293 g/mol. The van der Waals surface area contributed by atoms with E-state index in [4.69, 9.17) is 4.74 Å². The summed E-state index contributed by atoms with van der Waals surface area (Å²) in [7, 11) is 0. The highest BCUT2D eigenvalue weighted by Gasteiger charge is 2.50. The lowest BCUT2D eigenvalue weighted by Crippen LogP contribution is -2.40. The summed E-state index contributed by atoms with van der Waals surface area (Å²) in [6, 6.07) is 6.43. The lowest BCUT2D eigenvalue weighted by molar-refractivity contribution is -0.146. The fraction of sp³-hybridized carbons (Fsp3) is 0.562. The third-order valence-corrected chi connectivity index (χ3v) is 4.82. The number of likely N-dealkylation sites (tertiary alicyclic amines) is 1. The Labute approximate surface area is 123 Å². The van der Waals surface area contributed by atoms with Crippen LogP contribution < -0.4 is 0 Å². The molecule has 21 heavy (non-hydrogen) atoms. The zero-order chi connectivity index (χ0) is 14.9. The molecular weight excluding hydrogens is 273 g/mol. The van der Waals surface area contributed by atoms with E-state index in [1.807, 2.05) is 0 Å². The number of ether oxygens (including phenoxy) is 1. The number of hydrogen-bond acceptors (Lipinski definition) is 3. The third kappa shape index (κ3) is 2.94. The van der Waals surface area contributed by atoms with Gasteiger partial charge < -0.3 is 9.84 Å². The molecule has 4 nitrogen and oxygen atoms in total. The fourth-order valence-electron chi connectivity index (χ4n) is 3.66. The third-order valence-electron chi connectivity index (χ3n) is 4.82. The predicted molar refractivity (Wildman–Crippen MR) is 75.3 cm³/mol. The second kappa shape index (κ2) is 5.73. The molecule has 0 aliphatic carbocycles. The first-order valence-electron chi connectivity index (χ1n) is 7.36. The zero-order valence-corrected chi connectivity index (χ0v) is 11.9. The van der Waals surface area contributed by atoms with Gasteiger partial charge in [0.2, 0.25) is 0 Å². The van der Waals surface area contributed by atoms with Crippen LogP contribution in [0.1, 0.15) is 18.4 Å². The van der Waals surface area contributed by atoms with Gasteiger partial charge in [-0.2, -0.15) is 0 Å². The second-order valence-corrected chi connectivity index (χ2v) is 6.16. The first-order chi connectivity index (χ1) is 10.1. The van der Waals surface area contributed by atoms with Crippen LogP contribution in [0.2, 0.25) is 0 Å². The smallest absolute Gasteiger partial charge is 0.308 e. The Morgan fingerprint density at radius 2 is 2.00 bits per heavy atom. The van der Waals surface area contributed by atoms with Crippen LogP contribution in [0, 0.1) is 17.2 Å². The van der Waals surface area contributed by atoms with Crippen LogP contribution in [0.4, 0.5) is 4.39 Å². The average Bonchev–Trinajstić information content (AvgIpc) is 2.80. The largest absolute Gasteiger partial charge is 0.481 e. The molecule has 0 amide bonds. The number of nitrogens with zero attached hydrogens (tertiary/aromatic N) is 1. The summed E-state index contributed by atoms with van der Waals surface area (Å²) in [6.07, 6.45) is 1.62. The van der Waals surface area contributed by atoms with Crippen LogP contribution >= 0.6 is 0 Å². The maximum atomic E-state index is 12.9. The number of rotatable bonds is 3. The van der Waals surface area contributed by atoms with Crippen LogP contribution in [-0.2, 0) is 16.1 Å². The maximum Gasteiger partial charge on any atom is 0.308 e. The predicted octanol–water partition coefficient (Wildman–Crippen LogP) is 2.14. The number of carboxylic acids is 1. The van der Waals surface area contributed by atoms with Crippen molar-refractivity contribution in [3.63, 3.8) is 0 Å². The molecular formula is C16H20FNO3. The van der Waals surface area contributed by atoms with Gasteiger partial charge in [-0.05, 0) is 30.5 Å². The summed E-state index contributed by atoms with van der Waals surface area (Å²) < 4.78 is 18.3. The standard InChI is InChI=1S/C16H20FNO3/c17-13-3-1-12(2-4-13)9-18-10-14(15(19)20)16(11-18)5-7-21-8-6-16/h1-4,14H,5-11H2,(H,19,20)/t14-/m1/s1. The molecule has 0 radical (unpaired) electrons. The van der Waals surface area contributed by atoms with Crippen molar-refractivity contribution in [1.29, 1.82) is 0 Å². The Balaban J connectivity index is 1.73. The molecule has 0 unspecified atom stereocenters. The SMILES string of the molecule is O=C(O)[C@H]1CN(Cc2ccc(F)cc2)CC12CCOCC2. The lowest BCUT2D eigenvalue weighted by atomic mass is 9.72. The number of halogens is 1. The van der Waals surface area contributed by atoms with Gasteiger partial charge in [-0.15, -0.1) is 0 Å². The number of aliphatic carboxylic acids is 1. The molecule has 0 bridgehead atoms. The van der Waals surface area contributed by atoms with Gasteiger partial charge in [-0.3, -0.25) is 9.69 Å². The molecule has 1 aromatic carbocycles. The summed E-state index contributed by atoms with van der Waals surface area (Å²) >= 11 is 0. The summed E-state index contributed by atoms with van der Waals surface area (Å²) in [6.45, 7) is 3.31. The van der Waals surface area contributed by atoms with Crippen molar-refractivity contribution in [3.8, 4) is 0 Å². The van der Waals surface area contributed by atoms with Gasteiger partial charge >= 0.3 is 5.97 Å².